The maximum Gasteiger partial charge on any atom is 0.129 e. The van der Waals surface area contributed by atoms with E-state index >= 15 is 0 Å². The van der Waals surface area contributed by atoms with Crippen molar-refractivity contribution in [1.82, 2.24) is 9.97 Å². The van der Waals surface area contributed by atoms with Crippen LogP contribution >= 0.6 is 11.6 Å². The number of nitrogens with one attached hydrogen (secondary N) is 1. The van der Waals surface area contributed by atoms with Crippen molar-refractivity contribution in [3.63, 3.8) is 0 Å². The van der Waals surface area contributed by atoms with Gasteiger partial charge in [0.25, 0.3) is 0 Å². The van der Waals surface area contributed by atoms with Gasteiger partial charge in [-0.15, -0.1) is 11.6 Å². The van der Waals surface area contributed by atoms with Crippen molar-refractivity contribution in [2.45, 2.75) is 25.8 Å². The summed E-state index contributed by atoms with van der Waals surface area (Å²) in [7, 11) is 1.66. The smallest absolute Gasteiger partial charge is 0.129 e. The zero-order chi connectivity index (χ0) is 11.8. The maximum atomic E-state index is 5.81. The quantitative estimate of drug-likeness (QED) is 0.745. The molecule has 0 aliphatic carbocycles. The molecule has 0 aliphatic heterocycles. The molecule has 0 radical (unpaired) electrons. The van der Waals surface area contributed by atoms with Crippen molar-refractivity contribution < 1.29 is 4.74 Å². The first-order valence-corrected chi connectivity index (χ1v) is 5.96. The Labute approximate surface area is 101 Å². The van der Waals surface area contributed by atoms with Crippen molar-refractivity contribution in [3.8, 4) is 0 Å². The highest BCUT2D eigenvalue weighted by atomic mass is 35.5. The molecule has 1 aromatic heterocycles. The minimum absolute atomic E-state index is 0.0797. The molecular weight excluding hydrogens is 226 g/mol. The fraction of sp³-hybridized carbons (Fsp3) is 0.636. The summed E-state index contributed by atoms with van der Waals surface area (Å²) in [6.45, 7) is 2.69. The molecule has 4 nitrogen and oxygen atoms in total. The standard InChI is InChI=1S/C11H18ClN3O/c1-3-4-9-5-11(14-8-13-9)15-10(6-12)7-16-2/h5,8,10H,3-4,6-7H2,1-2H3,(H,13,14,15). The topological polar surface area (TPSA) is 47.0 Å². The third kappa shape index (κ3) is 4.33. The second-order valence-electron chi connectivity index (χ2n) is 3.60. The van der Waals surface area contributed by atoms with Crippen LogP contribution in [0.4, 0.5) is 5.82 Å². The van der Waals surface area contributed by atoms with E-state index in [-0.39, 0.29) is 6.04 Å². The van der Waals surface area contributed by atoms with Crippen molar-refractivity contribution >= 4 is 17.4 Å². The van der Waals surface area contributed by atoms with Gasteiger partial charge >= 0.3 is 0 Å². The molecule has 0 aromatic carbocycles. The molecule has 5 heteroatoms. The molecule has 0 aliphatic rings. The minimum atomic E-state index is 0.0797. The number of rotatable bonds is 7. The summed E-state index contributed by atoms with van der Waals surface area (Å²) >= 11 is 5.81. The lowest BCUT2D eigenvalue weighted by Gasteiger charge is -2.15. The monoisotopic (exact) mass is 243 g/mol. The Balaban J connectivity index is 2.60. The lowest BCUT2D eigenvalue weighted by atomic mass is 10.2. The normalized spacial score (nSPS) is 12.4. The van der Waals surface area contributed by atoms with E-state index in [4.69, 9.17) is 16.3 Å². The second kappa shape index (κ2) is 7.41. The van der Waals surface area contributed by atoms with Crippen LogP contribution in [0.2, 0.25) is 0 Å². The van der Waals surface area contributed by atoms with Gasteiger partial charge in [0.15, 0.2) is 0 Å². The van der Waals surface area contributed by atoms with Crippen LogP contribution < -0.4 is 5.32 Å². The number of hydrogen-bond donors (Lipinski definition) is 1. The molecule has 1 atom stereocenters. The molecule has 1 unspecified atom stereocenters. The fourth-order valence-corrected chi connectivity index (χ4v) is 1.57. The van der Waals surface area contributed by atoms with Crippen LogP contribution in [-0.2, 0) is 11.2 Å². The highest BCUT2D eigenvalue weighted by molar-refractivity contribution is 6.18. The fourth-order valence-electron chi connectivity index (χ4n) is 1.40. The van der Waals surface area contributed by atoms with Crippen molar-refractivity contribution in [2.75, 3.05) is 24.9 Å². The average Bonchev–Trinajstić information content (AvgIpc) is 2.29. The third-order valence-electron chi connectivity index (χ3n) is 2.14. The highest BCUT2D eigenvalue weighted by Gasteiger charge is 2.07. The molecule has 1 N–H and O–H groups in total. The maximum absolute atomic E-state index is 5.81. The molecule has 16 heavy (non-hydrogen) atoms. The van der Waals surface area contributed by atoms with Gasteiger partial charge in [-0.1, -0.05) is 13.3 Å². The van der Waals surface area contributed by atoms with E-state index in [0.29, 0.717) is 12.5 Å². The number of aromatic nitrogens is 2. The summed E-state index contributed by atoms with van der Waals surface area (Å²) in [4.78, 5) is 8.35. The van der Waals surface area contributed by atoms with Crippen LogP contribution in [0.25, 0.3) is 0 Å². The van der Waals surface area contributed by atoms with E-state index in [9.17, 15) is 0 Å². The van der Waals surface area contributed by atoms with Crippen molar-refractivity contribution in [1.29, 1.82) is 0 Å². The predicted octanol–water partition coefficient (Wildman–Crippen LogP) is 2.09. The molecule has 90 valence electrons. The zero-order valence-corrected chi connectivity index (χ0v) is 10.5. The Bertz CT molecular complexity index is 309. The van der Waals surface area contributed by atoms with Gasteiger partial charge in [0.05, 0.1) is 12.6 Å². The van der Waals surface area contributed by atoms with E-state index in [1.165, 1.54) is 0 Å². The zero-order valence-electron chi connectivity index (χ0n) is 9.74. The number of aryl methyl sites for hydroxylation is 1. The first-order chi connectivity index (χ1) is 7.80. The number of hydrogen-bond acceptors (Lipinski definition) is 4. The molecule has 1 heterocycles. The summed E-state index contributed by atoms with van der Waals surface area (Å²) in [5.41, 5.74) is 1.05. The Hall–Kier alpha value is -0.870. The van der Waals surface area contributed by atoms with Gasteiger partial charge in [-0.2, -0.15) is 0 Å². The van der Waals surface area contributed by atoms with E-state index < -0.39 is 0 Å². The lowest BCUT2D eigenvalue weighted by Crippen LogP contribution is -2.27. The summed E-state index contributed by atoms with van der Waals surface area (Å²) < 4.78 is 5.05. The van der Waals surface area contributed by atoms with Crippen LogP contribution in [0.15, 0.2) is 12.4 Å². The van der Waals surface area contributed by atoms with E-state index in [1.807, 2.05) is 6.07 Å². The second-order valence-corrected chi connectivity index (χ2v) is 3.90. The van der Waals surface area contributed by atoms with Gasteiger partial charge < -0.3 is 10.1 Å². The molecule has 1 aromatic rings. The number of ether oxygens (including phenoxy) is 1. The Morgan fingerprint density at radius 3 is 2.94 bits per heavy atom. The van der Waals surface area contributed by atoms with Crippen molar-refractivity contribution in [3.05, 3.63) is 18.1 Å². The molecule has 0 saturated heterocycles. The van der Waals surface area contributed by atoms with Gasteiger partial charge in [0.1, 0.15) is 12.1 Å². The number of halogens is 1. The number of alkyl halides is 1. The van der Waals surface area contributed by atoms with E-state index in [0.717, 1.165) is 24.4 Å². The first kappa shape index (κ1) is 13.2. The minimum Gasteiger partial charge on any atom is -0.383 e. The highest BCUT2D eigenvalue weighted by Crippen LogP contribution is 2.08. The largest absolute Gasteiger partial charge is 0.383 e. The number of anilines is 1. The molecule has 0 fully saturated rings. The molecule has 0 saturated carbocycles. The summed E-state index contributed by atoms with van der Waals surface area (Å²) in [5.74, 6) is 1.29. The molecule has 0 amide bonds. The van der Waals surface area contributed by atoms with Crippen LogP contribution in [0, 0.1) is 0 Å². The van der Waals surface area contributed by atoms with E-state index in [1.54, 1.807) is 13.4 Å². The predicted molar refractivity (Wildman–Crippen MR) is 66.0 cm³/mol. The summed E-state index contributed by atoms with van der Waals surface area (Å²) in [6.07, 6.45) is 3.62. The van der Waals surface area contributed by atoms with Gasteiger partial charge in [0, 0.05) is 24.8 Å². The van der Waals surface area contributed by atoms with Crippen molar-refractivity contribution in [2.24, 2.45) is 0 Å². The Morgan fingerprint density at radius 2 is 2.31 bits per heavy atom. The summed E-state index contributed by atoms with van der Waals surface area (Å²) in [6, 6.07) is 2.04. The van der Waals surface area contributed by atoms with Gasteiger partial charge in [0.2, 0.25) is 0 Å². The van der Waals surface area contributed by atoms with Crippen LogP contribution in [0.5, 0.6) is 0 Å². The molecule has 0 bridgehead atoms. The van der Waals surface area contributed by atoms with Gasteiger partial charge in [-0.05, 0) is 6.42 Å². The third-order valence-corrected chi connectivity index (χ3v) is 2.51. The van der Waals surface area contributed by atoms with Crippen LogP contribution in [0.1, 0.15) is 19.0 Å². The van der Waals surface area contributed by atoms with E-state index in [2.05, 4.69) is 22.2 Å². The Morgan fingerprint density at radius 1 is 1.50 bits per heavy atom. The molecule has 0 spiro atoms. The molecule has 1 rings (SSSR count). The van der Waals surface area contributed by atoms with Crippen LogP contribution in [-0.4, -0.2) is 35.6 Å². The number of nitrogens with zero attached hydrogens (tertiary/aromatic N) is 2. The SMILES string of the molecule is CCCc1cc(NC(CCl)COC)ncn1. The van der Waals surface area contributed by atoms with Gasteiger partial charge in [-0.3, -0.25) is 0 Å². The first-order valence-electron chi connectivity index (χ1n) is 5.42. The van der Waals surface area contributed by atoms with Gasteiger partial charge in [-0.25, -0.2) is 9.97 Å². The lowest BCUT2D eigenvalue weighted by molar-refractivity contribution is 0.191. The summed E-state index contributed by atoms with van der Waals surface area (Å²) in [5, 5.41) is 3.22. The number of methoxy groups -OCH3 is 1. The Kier molecular flexibility index (Phi) is 6.11. The van der Waals surface area contributed by atoms with Crippen LogP contribution in [0.3, 0.4) is 0 Å². The molecular formula is C11H18ClN3O. The average molecular weight is 244 g/mol.